The Bertz CT molecular complexity index is 980. The number of hydrogen-bond donors (Lipinski definition) is 1. The van der Waals surface area contributed by atoms with Crippen molar-refractivity contribution < 1.29 is 4.39 Å². The van der Waals surface area contributed by atoms with Crippen LogP contribution in [0.5, 0.6) is 0 Å². The van der Waals surface area contributed by atoms with Gasteiger partial charge in [-0.3, -0.25) is 0 Å². The number of benzene rings is 2. The first kappa shape index (κ1) is 16.3. The van der Waals surface area contributed by atoms with Crippen molar-refractivity contribution in [3.8, 4) is 28.5 Å². The van der Waals surface area contributed by atoms with Gasteiger partial charge in [0.2, 0.25) is 0 Å². The molecule has 0 amide bonds. The van der Waals surface area contributed by atoms with E-state index in [2.05, 4.69) is 4.98 Å². The molecule has 0 aliphatic rings. The van der Waals surface area contributed by atoms with E-state index in [-0.39, 0.29) is 11.4 Å². The van der Waals surface area contributed by atoms with E-state index in [9.17, 15) is 9.65 Å². The summed E-state index contributed by atoms with van der Waals surface area (Å²) in [6, 6.07) is 14.7. The second-order valence-electron chi connectivity index (χ2n) is 5.03. The maximum atomic E-state index is 14.1. The minimum Gasteiger partial charge on any atom is -0.383 e. The van der Waals surface area contributed by atoms with Gasteiger partial charge < -0.3 is 5.73 Å². The van der Waals surface area contributed by atoms with Gasteiger partial charge in [0.05, 0.1) is 5.69 Å². The summed E-state index contributed by atoms with van der Waals surface area (Å²) in [6.07, 6.45) is 0. The highest BCUT2D eigenvalue weighted by molar-refractivity contribution is 6.36. The normalized spacial score (nSPS) is 10.4. The number of rotatable bonds is 2. The van der Waals surface area contributed by atoms with Crippen LogP contribution in [-0.4, -0.2) is 4.98 Å². The van der Waals surface area contributed by atoms with E-state index in [0.717, 1.165) is 0 Å². The van der Waals surface area contributed by atoms with Crippen molar-refractivity contribution >= 4 is 29.0 Å². The lowest BCUT2D eigenvalue weighted by molar-refractivity contribution is 0.631. The highest BCUT2D eigenvalue weighted by Gasteiger charge is 2.17. The average Bonchev–Trinajstić information content (AvgIpc) is 2.54. The molecule has 3 rings (SSSR count). The van der Waals surface area contributed by atoms with Crippen LogP contribution in [0.3, 0.4) is 0 Å². The number of hydrogen-bond acceptors (Lipinski definition) is 3. The van der Waals surface area contributed by atoms with E-state index < -0.39 is 5.82 Å². The van der Waals surface area contributed by atoms with Crippen LogP contribution < -0.4 is 5.73 Å². The minimum absolute atomic E-state index is 0.0132. The van der Waals surface area contributed by atoms with Crippen LogP contribution in [0, 0.1) is 17.1 Å². The Morgan fingerprint density at radius 3 is 2.42 bits per heavy atom. The van der Waals surface area contributed by atoms with Gasteiger partial charge in [0.15, 0.2) is 0 Å². The Labute approximate surface area is 148 Å². The largest absolute Gasteiger partial charge is 0.383 e. The molecule has 118 valence electrons. The Balaban J connectivity index is 2.29. The summed E-state index contributed by atoms with van der Waals surface area (Å²) in [6.45, 7) is 0. The predicted molar refractivity (Wildman–Crippen MR) is 94.2 cm³/mol. The zero-order valence-electron chi connectivity index (χ0n) is 12.2. The van der Waals surface area contributed by atoms with Crippen molar-refractivity contribution in [3.63, 3.8) is 0 Å². The maximum Gasteiger partial charge on any atom is 0.142 e. The maximum absolute atomic E-state index is 14.1. The Hall–Kier alpha value is -2.61. The lowest BCUT2D eigenvalue weighted by Crippen LogP contribution is -2.00. The molecule has 0 saturated carbocycles. The molecule has 2 N–H and O–H groups in total. The number of halogens is 3. The Morgan fingerprint density at radius 1 is 1.00 bits per heavy atom. The molecule has 1 aromatic heterocycles. The number of nitriles is 1. The third-order valence-electron chi connectivity index (χ3n) is 3.53. The molecule has 1 heterocycles. The first-order valence-electron chi connectivity index (χ1n) is 6.92. The third kappa shape index (κ3) is 2.92. The summed E-state index contributed by atoms with van der Waals surface area (Å²) in [7, 11) is 0. The molecule has 0 atom stereocenters. The van der Waals surface area contributed by atoms with Crippen LogP contribution in [0.2, 0.25) is 10.0 Å². The van der Waals surface area contributed by atoms with Crippen LogP contribution in [0.25, 0.3) is 22.4 Å². The molecule has 0 radical (unpaired) electrons. The number of nitrogens with two attached hydrogens (primary N) is 1. The van der Waals surface area contributed by atoms with E-state index in [1.165, 1.54) is 6.07 Å². The fourth-order valence-corrected chi connectivity index (χ4v) is 2.92. The summed E-state index contributed by atoms with van der Waals surface area (Å²) < 4.78 is 14.1. The Morgan fingerprint density at radius 2 is 1.75 bits per heavy atom. The Kier molecular flexibility index (Phi) is 4.39. The lowest BCUT2D eigenvalue weighted by atomic mass is 9.98. The lowest BCUT2D eigenvalue weighted by Gasteiger charge is -2.12. The number of nitrogen functional groups attached to an aromatic ring is 1. The summed E-state index contributed by atoms with van der Waals surface area (Å²) in [5.74, 6) is -0.415. The molecule has 0 aliphatic heterocycles. The summed E-state index contributed by atoms with van der Waals surface area (Å²) in [5, 5.41) is 10.2. The fourth-order valence-electron chi connectivity index (χ4n) is 2.41. The number of pyridine rings is 1. The van der Waals surface area contributed by atoms with E-state index >= 15 is 0 Å². The predicted octanol–water partition coefficient (Wildman–Crippen LogP) is 5.32. The van der Waals surface area contributed by atoms with Crippen molar-refractivity contribution in [1.82, 2.24) is 4.98 Å². The van der Waals surface area contributed by atoms with Gasteiger partial charge in [0.1, 0.15) is 23.3 Å². The van der Waals surface area contributed by atoms with Crippen LogP contribution >= 0.6 is 23.2 Å². The molecule has 0 bridgehead atoms. The third-order valence-corrected chi connectivity index (χ3v) is 4.08. The second-order valence-corrected chi connectivity index (χ2v) is 5.87. The fraction of sp³-hybridized carbons (Fsp3) is 0. The molecule has 0 saturated heterocycles. The molecular formula is C18H10Cl2FN3. The van der Waals surface area contributed by atoms with Gasteiger partial charge in [0.25, 0.3) is 0 Å². The molecule has 0 fully saturated rings. The summed E-state index contributed by atoms with van der Waals surface area (Å²) in [5.41, 5.74) is 7.76. The first-order chi connectivity index (χ1) is 11.5. The molecule has 0 aliphatic carbocycles. The summed E-state index contributed by atoms with van der Waals surface area (Å²) >= 11 is 12.2. The van der Waals surface area contributed by atoms with Crippen LogP contribution in [-0.2, 0) is 0 Å². The van der Waals surface area contributed by atoms with Gasteiger partial charge in [-0.2, -0.15) is 5.26 Å². The monoisotopic (exact) mass is 357 g/mol. The van der Waals surface area contributed by atoms with Crippen LogP contribution in [0.15, 0.2) is 48.5 Å². The molecule has 6 heteroatoms. The minimum atomic E-state index is -0.428. The first-order valence-corrected chi connectivity index (χ1v) is 7.68. The van der Waals surface area contributed by atoms with Crippen LogP contribution in [0.1, 0.15) is 5.56 Å². The molecule has 0 unspecified atom stereocenters. The van der Waals surface area contributed by atoms with E-state index in [1.54, 1.807) is 42.5 Å². The van der Waals surface area contributed by atoms with Crippen molar-refractivity contribution in [3.05, 3.63) is 70.0 Å². The van der Waals surface area contributed by atoms with Gasteiger partial charge in [-0.1, -0.05) is 41.4 Å². The quantitative estimate of drug-likeness (QED) is 0.675. The highest BCUT2D eigenvalue weighted by atomic mass is 35.5. The zero-order valence-corrected chi connectivity index (χ0v) is 13.7. The zero-order chi connectivity index (χ0) is 17.3. The van der Waals surface area contributed by atoms with Gasteiger partial charge >= 0.3 is 0 Å². The van der Waals surface area contributed by atoms with Crippen molar-refractivity contribution in [2.45, 2.75) is 0 Å². The second kappa shape index (κ2) is 6.48. The molecule has 3 aromatic rings. The molecule has 24 heavy (non-hydrogen) atoms. The molecular weight excluding hydrogens is 348 g/mol. The molecule has 0 spiro atoms. The van der Waals surface area contributed by atoms with Gasteiger partial charge in [-0.05, 0) is 30.3 Å². The number of aromatic nitrogens is 1. The number of anilines is 1. The van der Waals surface area contributed by atoms with E-state index in [4.69, 9.17) is 28.9 Å². The van der Waals surface area contributed by atoms with Gasteiger partial charge in [-0.15, -0.1) is 0 Å². The number of nitrogens with zero attached hydrogens (tertiary/aromatic N) is 2. The molecule has 2 aromatic carbocycles. The van der Waals surface area contributed by atoms with Crippen LogP contribution in [0.4, 0.5) is 10.2 Å². The summed E-state index contributed by atoms with van der Waals surface area (Å²) in [4.78, 5) is 4.15. The SMILES string of the molecule is N#Cc1c(-c2ccc(Cl)cc2Cl)cc(-c2ccccc2F)nc1N. The van der Waals surface area contributed by atoms with Gasteiger partial charge in [-0.25, -0.2) is 9.37 Å². The van der Waals surface area contributed by atoms with Gasteiger partial charge in [0, 0.05) is 26.7 Å². The van der Waals surface area contributed by atoms with Crippen molar-refractivity contribution in [2.24, 2.45) is 0 Å². The van der Waals surface area contributed by atoms with E-state index in [0.29, 0.717) is 32.4 Å². The standard InChI is InChI=1S/C18H10Cl2FN3/c19-10-5-6-11(15(20)7-10)13-8-17(24-18(23)14(13)9-22)12-3-1-2-4-16(12)21/h1-8H,(H2,23,24). The van der Waals surface area contributed by atoms with Crippen molar-refractivity contribution in [2.75, 3.05) is 5.73 Å². The highest BCUT2D eigenvalue weighted by Crippen LogP contribution is 2.36. The smallest absolute Gasteiger partial charge is 0.142 e. The average molecular weight is 358 g/mol. The topological polar surface area (TPSA) is 62.7 Å². The van der Waals surface area contributed by atoms with Crippen molar-refractivity contribution in [1.29, 1.82) is 5.26 Å². The molecule has 3 nitrogen and oxygen atoms in total. The van der Waals surface area contributed by atoms with E-state index in [1.807, 2.05) is 6.07 Å².